The zero-order valence-electron chi connectivity index (χ0n) is 11.2. The SMILES string of the molecule is COc1cc(C)c(C)cc1N(C)C(=O)C(N)CO. The number of anilines is 1. The summed E-state index contributed by atoms with van der Waals surface area (Å²) >= 11 is 0. The Morgan fingerprint density at radius 1 is 1.44 bits per heavy atom. The van der Waals surface area contributed by atoms with Crippen molar-refractivity contribution in [3.63, 3.8) is 0 Å². The summed E-state index contributed by atoms with van der Waals surface area (Å²) in [6, 6.07) is 2.83. The molecule has 0 radical (unpaired) electrons. The summed E-state index contributed by atoms with van der Waals surface area (Å²) in [7, 11) is 3.17. The second kappa shape index (κ2) is 5.84. The third kappa shape index (κ3) is 2.80. The Morgan fingerprint density at radius 3 is 2.50 bits per heavy atom. The van der Waals surface area contributed by atoms with Crippen molar-refractivity contribution < 1.29 is 14.6 Å². The minimum atomic E-state index is -0.915. The van der Waals surface area contributed by atoms with Crippen LogP contribution < -0.4 is 15.4 Å². The molecule has 1 amide bonds. The van der Waals surface area contributed by atoms with Crippen LogP contribution in [0.15, 0.2) is 12.1 Å². The van der Waals surface area contributed by atoms with Crippen LogP contribution in [0.5, 0.6) is 5.75 Å². The highest BCUT2D eigenvalue weighted by molar-refractivity contribution is 5.98. The number of aryl methyl sites for hydroxylation is 2. The minimum Gasteiger partial charge on any atom is -0.495 e. The van der Waals surface area contributed by atoms with E-state index < -0.39 is 6.04 Å². The van der Waals surface area contributed by atoms with Crippen LogP contribution in [-0.4, -0.2) is 37.8 Å². The average molecular weight is 252 g/mol. The number of rotatable bonds is 4. The molecule has 100 valence electrons. The fourth-order valence-corrected chi connectivity index (χ4v) is 1.65. The third-order valence-corrected chi connectivity index (χ3v) is 3.00. The lowest BCUT2D eigenvalue weighted by Gasteiger charge is -2.23. The first-order chi connectivity index (χ1) is 8.42. The number of ether oxygens (including phenoxy) is 1. The summed E-state index contributed by atoms with van der Waals surface area (Å²) in [5.74, 6) is 0.262. The Morgan fingerprint density at radius 2 is 2.00 bits per heavy atom. The van der Waals surface area contributed by atoms with Crippen molar-refractivity contribution in [3.05, 3.63) is 23.3 Å². The van der Waals surface area contributed by atoms with Gasteiger partial charge in [0.15, 0.2) is 0 Å². The lowest BCUT2D eigenvalue weighted by molar-refractivity contribution is -0.120. The van der Waals surface area contributed by atoms with Gasteiger partial charge in [-0.15, -0.1) is 0 Å². The Bertz CT molecular complexity index is 446. The fraction of sp³-hybridized carbons (Fsp3) is 0.462. The maximum Gasteiger partial charge on any atom is 0.246 e. The highest BCUT2D eigenvalue weighted by Crippen LogP contribution is 2.30. The number of methoxy groups -OCH3 is 1. The van der Waals surface area contributed by atoms with Gasteiger partial charge in [0.05, 0.1) is 19.4 Å². The van der Waals surface area contributed by atoms with Gasteiger partial charge in [-0.1, -0.05) is 0 Å². The van der Waals surface area contributed by atoms with Gasteiger partial charge >= 0.3 is 0 Å². The number of carbonyl (C=O) groups excluding carboxylic acids is 1. The molecular weight excluding hydrogens is 232 g/mol. The average Bonchev–Trinajstić information content (AvgIpc) is 2.38. The van der Waals surface area contributed by atoms with Gasteiger partial charge in [-0.2, -0.15) is 0 Å². The van der Waals surface area contributed by atoms with E-state index in [0.717, 1.165) is 11.1 Å². The number of nitrogens with two attached hydrogens (primary N) is 1. The molecule has 5 heteroatoms. The molecule has 0 saturated carbocycles. The minimum absolute atomic E-state index is 0.348. The molecule has 18 heavy (non-hydrogen) atoms. The van der Waals surface area contributed by atoms with Crippen molar-refractivity contribution in [2.24, 2.45) is 5.73 Å². The largest absolute Gasteiger partial charge is 0.495 e. The predicted octanol–water partition coefficient (Wildman–Crippen LogP) is 0.594. The van der Waals surface area contributed by atoms with Gasteiger partial charge < -0.3 is 20.5 Å². The van der Waals surface area contributed by atoms with Gasteiger partial charge in [0.25, 0.3) is 0 Å². The molecule has 1 aromatic carbocycles. The molecule has 0 spiro atoms. The molecule has 1 rings (SSSR count). The first-order valence-corrected chi connectivity index (χ1v) is 5.71. The summed E-state index contributed by atoms with van der Waals surface area (Å²) in [6.45, 7) is 3.56. The Balaban J connectivity index is 3.15. The monoisotopic (exact) mass is 252 g/mol. The van der Waals surface area contributed by atoms with Crippen LogP contribution in [-0.2, 0) is 4.79 Å². The van der Waals surface area contributed by atoms with Crippen LogP contribution in [0.3, 0.4) is 0 Å². The van der Waals surface area contributed by atoms with E-state index in [2.05, 4.69) is 0 Å². The normalized spacial score (nSPS) is 12.1. The number of aliphatic hydroxyl groups is 1. The van der Waals surface area contributed by atoms with Gasteiger partial charge in [0.2, 0.25) is 5.91 Å². The van der Waals surface area contributed by atoms with E-state index in [-0.39, 0.29) is 12.5 Å². The van der Waals surface area contributed by atoms with Crippen molar-refractivity contribution in [1.29, 1.82) is 0 Å². The number of aliphatic hydroxyl groups excluding tert-OH is 1. The first-order valence-electron chi connectivity index (χ1n) is 5.71. The molecule has 0 heterocycles. The molecule has 1 unspecified atom stereocenters. The molecule has 1 aromatic rings. The first kappa shape index (κ1) is 14.5. The van der Waals surface area contributed by atoms with Gasteiger partial charge in [-0.25, -0.2) is 0 Å². The molecule has 0 aliphatic rings. The van der Waals surface area contributed by atoms with Crippen LogP contribution in [0.25, 0.3) is 0 Å². The second-order valence-corrected chi connectivity index (χ2v) is 4.29. The Labute approximate surface area is 107 Å². The van der Waals surface area contributed by atoms with Crippen molar-refractivity contribution >= 4 is 11.6 Å². The number of hydrogen-bond donors (Lipinski definition) is 2. The van der Waals surface area contributed by atoms with Crippen LogP contribution in [0.2, 0.25) is 0 Å². The molecule has 3 N–H and O–H groups in total. The van der Waals surface area contributed by atoms with E-state index in [4.69, 9.17) is 15.6 Å². The van der Waals surface area contributed by atoms with Crippen molar-refractivity contribution in [2.75, 3.05) is 25.7 Å². The number of hydrogen-bond acceptors (Lipinski definition) is 4. The molecule has 1 atom stereocenters. The number of nitrogens with zero attached hydrogens (tertiary/aromatic N) is 1. The highest BCUT2D eigenvalue weighted by Gasteiger charge is 2.21. The van der Waals surface area contributed by atoms with Crippen molar-refractivity contribution in [1.82, 2.24) is 0 Å². The molecule has 0 bridgehead atoms. The summed E-state index contributed by atoms with van der Waals surface area (Å²) < 4.78 is 5.27. The van der Waals surface area contributed by atoms with Crippen LogP contribution >= 0.6 is 0 Å². The lowest BCUT2D eigenvalue weighted by Crippen LogP contribution is -2.44. The standard InChI is InChI=1S/C13H20N2O3/c1-8-5-11(12(18-4)6-9(8)2)15(3)13(17)10(14)7-16/h5-6,10,16H,7,14H2,1-4H3. The summed E-state index contributed by atoms with van der Waals surface area (Å²) in [5.41, 5.74) is 8.32. The van der Waals surface area contributed by atoms with Crippen LogP contribution in [0, 0.1) is 13.8 Å². The molecule has 0 saturated heterocycles. The Hall–Kier alpha value is -1.59. The maximum absolute atomic E-state index is 11.9. The number of likely N-dealkylation sites (N-methyl/N-ethyl adjacent to an activating group) is 1. The lowest BCUT2D eigenvalue weighted by atomic mass is 10.1. The van der Waals surface area contributed by atoms with E-state index >= 15 is 0 Å². The van der Waals surface area contributed by atoms with Gasteiger partial charge in [-0.3, -0.25) is 4.79 Å². The third-order valence-electron chi connectivity index (χ3n) is 3.00. The zero-order chi connectivity index (χ0) is 13.9. The van der Waals surface area contributed by atoms with E-state index in [0.29, 0.717) is 11.4 Å². The van der Waals surface area contributed by atoms with Gasteiger partial charge in [0.1, 0.15) is 11.8 Å². The van der Waals surface area contributed by atoms with E-state index in [1.165, 1.54) is 4.90 Å². The van der Waals surface area contributed by atoms with Gasteiger partial charge in [-0.05, 0) is 37.1 Å². The van der Waals surface area contributed by atoms with Crippen molar-refractivity contribution in [2.45, 2.75) is 19.9 Å². The summed E-state index contributed by atoms with van der Waals surface area (Å²) in [6.07, 6.45) is 0. The number of carbonyl (C=O) groups is 1. The molecular formula is C13H20N2O3. The van der Waals surface area contributed by atoms with Crippen LogP contribution in [0.4, 0.5) is 5.69 Å². The predicted molar refractivity (Wildman–Crippen MR) is 70.9 cm³/mol. The zero-order valence-corrected chi connectivity index (χ0v) is 11.2. The molecule has 0 aromatic heterocycles. The molecule has 0 fully saturated rings. The Kier molecular flexibility index (Phi) is 4.69. The highest BCUT2D eigenvalue weighted by atomic mass is 16.5. The topological polar surface area (TPSA) is 75.8 Å². The summed E-state index contributed by atoms with van der Waals surface area (Å²) in [4.78, 5) is 13.3. The van der Waals surface area contributed by atoms with E-state index in [1.54, 1.807) is 14.2 Å². The quantitative estimate of drug-likeness (QED) is 0.822. The molecule has 0 aliphatic heterocycles. The van der Waals surface area contributed by atoms with Crippen molar-refractivity contribution in [3.8, 4) is 5.75 Å². The van der Waals surface area contributed by atoms with Crippen LogP contribution in [0.1, 0.15) is 11.1 Å². The van der Waals surface area contributed by atoms with Gasteiger partial charge in [0, 0.05) is 7.05 Å². The number of amides is 1. The smallest absolute Gasteiger partial charge is 0.246 e. The second-order valence-electron chi connectivity index (χ2n) is 4.29. The molecule has 5 nitrogen and oxygen atoms in total. The summed E-state index contributed by atoms with van der Waals surface area (Å²) in [5, 5.41) is 8.92. The molecule has 0 aliphatic carbocycles. The van der Waals surface area contributed by atoms with E-state index in [9.17, 15) is 4.79 Å². The van der Waals surface area contributed by atoms with E-state index in [1.807, 2.05) is 26.0 Å². The maximum atomic E-state index is 11.9. The fourth-order valence-electron chi connectivity index (χ4n) is 1.65. The number of benzene rings is 1.